The predicted molar refractivity (Wildman–Crippen MR) is 60.1 cm³/mol. The average Bonchev–Trinajstić information content (AvgIpc) is 2.54. The van der Waals surface area contributed by atoms with Crippen LogP contribution in [0.5, 0.6) is 0 Å². The van der Waals surface area contributed by atoms with Gasteiger partial charge < -0.3 is 0 Å². The van der Waals surface area contributed by atoms with Gasteiger partial charge in [-0.15, -0.1) is 0 Å². The molecule has 0 spiro atoms. The van der Waals surface area contributed by atoms with Gasteiger partial charge in [-0.2, -0.15) is 0 Å². The maximum atomic E-state index is 11.8. The van der Waals surface area contributed by atoms with Gasteiger partial charge in [0.2, 0.25) is 0 Å². The minimum absolute atomic E-state index is 0.669. The molecular formula is C10H12ClNOSe. The van der Waals surface area contributed by atoms with E-state index in [0.717, 1.165) is 28.6 Å². The molecule has 1 atom stereocenters. The Morgan fingerprint density at radius 1 is 1.43 bits per heavy atom. The molecule has 1 aromatic rings. The van der Waals surface area contributed by atoms with Crippen LogP contribution in [0.3, 0.4) is 0 Å². The monoisotopic (exact) mass is 277 g/mol. The summed E-state index contributed by atoms with van der Waals surface area (Å²) in [4.78, 5) is 2.19. The standard InChI is InChI=1S/C10H12ClNOSe/c11-6-3-7-12-8-14(13)10-5-2-1-4-9(10)12/h1-2,4-5H,3,6-8H2. The van der Waals surface area contributed by atoms with Crippen LogP contribution in [0, 0.1) is 0 Å². The van der Waals surface area contributed by atoms with Gasteiger partial charge in [0.1, 0.15) is 0 Å². The summed E-state index contributed by atoms with van der Waals surface area (Å²) in [6.07, 6.45) is 0.953. The molecule has 1 aromatic carbocycles. The van der Waals surface area contributed by atoms with E-state index in [0.29, 0.717) is 5.88 Å². The van der Waals surface area contributed by atoms with Crippen molar-refractivity contribution in [2.45, 2.75) is 6.42 Å². The summed E-state index contributed by atoms with van der Waals surface area (Å²) >= 11 is 3.87. The number of halogens is 1. The third-order valence-electron chi connectivity index (χ3n) is 2.29. The summed E-state index contributed by atoms with van der Waals surface area (Å²) < 4.78 is 12.8. The molecule has 1 aliphatic rings. The summed E-state index contributed by atoms with van der Waals surface area (Å²) in [5.41, 5.74) is 1.87. The van der Waals surface area contributed by atoms with Gasteiger partial charge >= 0.3 is 92.9 Å². The van der Waals surface area contributed by atoms with E-state index in [4.69, 9.17) is 11.6 Å². The summed E-state index contributed by atoms with van der Waals surface area (Å²) in [6.45, 7) is 0.919. The number of rotatable bonds is 3. The van der Waals surface area contributed by atoms with Crippen molar-refractivity contribution < 1.29 is 3.83 Å². The van der Waals surface area contributed by atoms with Gasteiger partial charge in [0.25, 0.3) is 0 Å². The molecule has 76 valence electrons. The second-order valence-corrected chi connectivity index (χ2v) is 6.54. The summed E-state index contributed by atoms with van der Waals surface area (Å²) in [5, 5.41) is 0. The fourth-order valence-electron chi connectivity index (χ4n) is 1.63. The molecule has 2 nitrogen and oxygen atoms in total. The fraction of sp³-hybridized carbons (Fsp3) is 0.400. The first-order valence-electron chi connectivity index (χ1n) is 4.61. The van der Waals surface area contributed by atoms with Crippen LogP contribution in [0.1, 0.15) is 6.42 Å². The number of hydrogen-bond acceptors (Lipinski definition) is 2. The topological polar surface area (TPSA) is 20.3 Å². The zero-order valence-corrected chi connectivity index (χ0v) is 10.2. The van der Waals surface area contributed by atoms with Crippen LogP contribution in [0.4, 0.5) is 5.69 Å². The van der Waals surface area contributed by atoms with Crippen LogP contribution >= 0.6 is 11.6 Å². The second-order valence-electron chi connectivity index (χ2n) is 3.25. The molecule has 0 amide bonds. The molecule has 4 heteroatoms. The molecule has 0 N–H and O–H groups in total. The van der Waals surface area contributed by atoms with Gasteiger partial charge in [-0.25, -0.2) is 0 Å². The number of benzene rings is 1. The van der Waals surface area contributed by atoms with Gasteiger partial charge in [-0.3, -0.25) is 0 Å². The average molecular weight is 277 g/mol. The number of alkyl halides is 1. The van der Waals surface area contributed by atoms with Crippen LogP contribution in [0.25, 0.3) is 0 Å². The first kappa shape index (κ1) is 10.2. The van der Waals surface area contributed by atoms with E-state index in [1.54, 1.807) is 0 Å². The molecule has 0 aliphatic carbocycles. The van der Waals surface area contributed by atoms with Crippen LogP contribution < -0.4 is 9.36 Å². The van der Waals surface area contributed by atoms with Crippen LogP contribution in [-0.2, 0) is 3.83 Å². The van der Waals surface area contributed by atoms with Crippen molar-refractivity contribution >= 4 is 35.6 Å². The van der Waals surface area contributed by atoms with Crippen molar-refractivity contribution in [2.24, 2.45) is 0 Å². The van der Waals surface area contributed by atoms with Crippen LogP contribution in [0.2, 0.25) is 0 Å². The Labute approximate surface area is 92.9 Å². The Balaban J connectivity index is 2.21. The van der Waals surface area contributed by atoms with Crippen molar-refractivity contribution in [3.63, 3.8) is 0 Å². The molecule has 0 saturated heterocycles. The summed E-state index contributed by atoms with van der Waals surface area (Å²) in [5.74, 6) is 0.669. The van der Waals surface area contributed by atoms with Crippen molar-refractivity contribution in [3.05, 3.63) is 24.3 Å². The summed E-state index contributed by atoms with van der Waals surface area (Å²) in [7, 11) is 0. The van der Waals surface area contributed by atoms with E-state index < -0.39 is 13.8 Å². The molecule has 1 aliphatic heterocycles. The molecule has 0 aromatic heterocycles. The van der Waals surface area contributed by atoms with E-state index in [1.165, 1.54) is 0 Å². The van der Waals surface area contributed by atoms with E-state index >= 15 is 0 Å². The first-order valence-corrected chi connectivity index (χ1v) is 7.91. The Hall–Kier alpha value is -0.371. The molecule has 14 heavy (non-hydrogen) atoms. The van der Waals surface area contributed by atoms with Crippen LogP contribution in [0.15, 0.2) is 24.3 Å². The number of hydrogen-bond donors (Lipinski definition) is 0. The van der Waals surface area contributed by atoms with Crippen molar-refractivity contribution in [3.8, 4) is 0 Å². The maximum absolute atomic E-state index is 11.8. The fourth-order valence-corrected chi connectivity index (χ4v) is 4.58. The van der Waals surface area contributed by atoms with Crippen molar-refractivity contribution in [1.82, 2.24) is 0 Å². The second kappa shape index (κ2) is 4.43. The molecule has 1 heterocycles. The Bertz CT molecular complexity index is 356. The molecule has 0 fully saturated rings. The number of para-hydroxylation sites is 1. The van der Waals surface area contributed by atoms with Gasteiger partial charge in [0.15, 0.2) is 0 Å². The van der Waals surface area contributed by atoms with Gasteiger partial charge in [0.05, 0.1) is 0 Å². The van der Waals surface area contributed by atoms with E-state index in [2.05, 4.69) is 4.90 Å². The van der Waals surface area contributed by atoms with Gasteiger partial charge in [0, 0.05) is 0 Å². The van der Waals surface area contributed by atoms with Crippen molar-refractivity contribution in [2.75, 3.05) is 22.8 Å². The molecule has 0 bridgehead atoms. The zero-order valence-electron chi connectivity index (χ0n) is 7.78. The van der Waals surface area contributed by atoms with Gasteiger partial charge in [-0.05, 0) is 0 Å². The quantitative estimate of drug-likeness (QED) is 0.613. The number of nitrogens with zero attached hydrogens (tertiary/aromatic N) is 1. The van der Waals surface area contributed by atoms with E-state index in [1.807, 2.05) is 24.3 Å². The molecule has 1 unspecified atom stereocenters. The molecule has 2 rings (SSSR count). The first-order chi connectivity index (χ1) is 6.83. The molecular weight excluding hydrogens is 265 g/mol. The minimum atomic E-state index is -1.78. The van der Waals surface area contributed by atoms with Crippen molar-refractivity contribution in [1.29, 1.82) is 0 Å². The number of anilines is 1. The Morgan fingerprint density at radius 3 is 3.00 bits per heavy atom. The third-order valence-corrected chi connectivity index (χ3v) is 5.45. The third kappa shape index (κ3) is 1.85. The zero-order chi connectivity index (χ0) is 9.97. The predicted octanol–water partition coefficient (Wildman–Crippen LogP) is 1.30. The SMILES string of the molecule is O=[Se]1CN(CCCCl)c2ccccc21. The Kier molecular flexibility index (Phi) is 3.22. The van der Waals surface area contributed by atoms with E-state index in [9.17, 15) is 3.83 Å². The number of fused-ring (bicyclic) bond motifs is 1. The normalized spacial score (nSPS) is 19.8. The molecule has 0 saturated carbocycles. The molecule has 0 radical (unpaired) electrons. The Morgan fingerprint density at radius 2 is 2.21 bits per heavy atom. The van der Waals surface area contributed by atoms with Crippen LogP contribution in [-0.4, -0.2) is 31.7 Å². The van der Waals surface area contributed by atoms with E-state index in [-0.39, 0.29) is 0 Å². The summed E-state index contributed by atoms with van der Waals surface area (Å²) in [6, 6.07) is 7.98. The van der Waals surface area contributed by atoms with Gasteiger partial charge in [-0.1, -0.05) is 0 Å².